The molecule has 4 atom stereocenters. The Kier molecular flexibility index (Phi) is 4.64. The molecular weight excluding hydrogens is 298 g/mol. The van der Waals surface area contributed by atoms with Gasteiger partial charge in [-0.15, -0.1) is 12.4 Å². The van der Waals surface area contributed by atoms with Crippen LogP contribution < -0.4 is 11.1 Å². The molecule has 0 spiro atoms. The summed E-state index contributed by atoms with van der Waals surface area (Å²) < 4.78 is 0. The molecule has 1 aliphatic rings. The van der Waals surface area contributed by atoms with Crippen LogP contribution in [0.25, 0.3) is 11.0 Å². The zero-order valence-electron chi connectivity index (χ0n) is 11.1. The molecule has 1 unspecified atom stereocenters. The minimum atomic E-state index is -0.977. The van der Waals surface area contributed by atoms with Gasteiger partial charge in [0.1, 0.15) is 11.8 Å². The number of H-pyrrole nitrogens is 1. The highest BCUT2D eigenvalue weighted by atomic mass is 35.5. The molecule has 2 aromatic heterocycles. The normalized spacial score (nSPS) is 28.7. The van der Waals surface area contributed by atoms with E-state index >= 15 is 0 Å². The molecule has 3 rings (SSSR count). The molecule has 0 amide bonds. The van der Waals surface area contributed by atoms with E-state index in [0.29, 0.717) is 23.3 Å². The molecule has 1 fully saturated rings. The fourth-order valence-corrected chi connectivity index (χ4v) is 2.69. The van der Waals surface area contributed by atoms with Crippen LogP contribution in [0, 0.1) is 0 Å². The molecule has 8 nitrogen and oxygen atoms in total. The van der Waals surface area contributed by atoms with Gasteiger partial charge in [-0.2, -0.15) is 0 Å². The summed E-state index contributed by atoms with van der Waals surface area (Å²) in [5.41, 5.74) is 7.99. The van der Waals surface area contributed by atoms with E-state index in [9.17, 15) is 10.2 Å². The summed E-state index contributed by atoms with van der Waals surface area (Å²) in [6.45, 7) is -0.224. The van der Waals surface area contributed by atoms with Crippen molar-refractivity contribution >= 4 is 29.3 Å². The number of fused-ring (bicyclic) bond motifs is 1. The van der Waals surface area contributed by atoms with Crippen molar-refractivity contribution in [3.63, 3.8) is 0 Å². The molecule has 116 valence electrons. The first-order valence-electron chi connectivity index (χ1n) is 6.41. The number of aliphatic hydroxyl groups excluding tert-OH is 3. The highest BCUT2D eigenvalue weighted by molar-refractivity contribution is 5.87. The molecule has 0 bridgehead atoms. The SMILES string of the molecule is Cl.Nc1ncnc2c(C[C@@H]3N[C@H](CO)[C@H](O)C3O)c[nH]c12. The van der Waals surface area contributed by atoms with E-state index < -0.39 is 18.2 Å². The van der Waals surface area contributed by atoms with Gasteiger partial charge in [0, 0.05) is 12.2 Å². The molecule has 1 aliphatic heterocycles. The number of hydrogen-bond acceptors (Lipinski definition) is 7. The maximum atomic E-state index is 9.99. The van der Waals surface area contributed by atoms with Crippen molar-refractivity contribution in [3.05, 3.63) is 18.1 Å². The summed E-state index contributed by atoms with van der Waals surface area (Å²) in [5, 5.41) is 31.9. The number of nitrogens with zero attached hydrogens (tertiary/aromatic N) is 2. The molecule has 7 N–H and O–H groups in total. The lowest BCUT2D eigenvalue weighted by Crippen LogP contribution is -2.37. The number of rotatable bonds is 3. The van der Waals surface area contributed by atoms with Crippen molar-refractivity contribution in [1.29, 1.82) is 0 Å². The Morgan fingerprint density at radius 1 is 1.19 bits per heavy atom. The molecule has 3 heterocycles. The Hall–Kier alpha value is -1.45. The Morgan fingerprint density at radius 2 is 1.90 bits per heavy atom. The van der Waals surface area contributed by atoms with Gasteiger partial charge < -0.3 is 31.4 Å². The van der Waals surface area contributed by atoms with Gasteiger partial charge in [-0.1, -0.05) is 0 Å². The van der Waals surface area contributed by atoms with Gasteiger partial charge in [0.2, 0.25) is 0 Å². The van der Waals surface area contributed by atoms with Crippen LogP contribution in [0.3, 0.4) is 0 Å². The summed E-state index contributed by atoms with van der Waals surface area (Å²) in [6, 6.07) is -0.864. The number of aromatic nitrogens is 3. The first-order valence-corrected chi connectivity index (χ1v) is 6.41. The van der Waals surface area contributed by atoms with Crippen LogP contribution in [0.1, 0.15) is 5.56 Å². The Balaban J connectivity index is 0.00000161. The van der Waals surface area contributed by atoms with Crippen LogP contribution >= 0.6 is 12.4 Å². The topological polar surface area (TPSA) is 140 Å². The molecule has 0 radical (unpaired) electrons. The lowest BCUT2D eigenvalue weighted by Gasteiger charge is -2.15. The fourth-order valence-electron chi connectivity index (χ4n) is 2.69. The van der Waals surface area contributed by atoms with E-state index in [1.54, 1.807) is 6.20 Å². The van der Waals surface area contributed by atoms with Gasteiger partial charge in [0.25, 0.3) is 0 Å². The Labute approximate surface area is 126 Å². The Morgan fingerprint density at radius 3 is 2.57 bits per heavy atom. The molecule has 0 aliphatic carbocycles. The predicted octanol–water partition coefficient (Wildman–Crippen LogP) is -1.44. The van der Waals surface area contributed by atoms with Crippen LogP contribution in [0.5, 0.6) is 0 Å². The predicted molar refractivity (Wildman–Crippen MR) is 79.1 cm³/mol. The highest BCUT2D eigenvalue weighted by Gasteiger charge is 2.40. The summed E-state index contributed by atoms with van der Waals surface area (Å²) in [6.07, 6.45) is 1.71. The van der Waals surface area contributed by atoms with E-state index in [4.69, 9.17) is 10.8 Å². The second-order valence-electron chi connectivity index (χ2n) is 5.04. The van der Waals surface area contributed by atoms with Gasteiger partial charge in [0.05, 0.1) is 30.4 Å². The average molecular weight is 316 g/mol. The number of aromatic amines is 1. The Bertz CT molecular complexity index is 622. The molecule has 0 saturated carbocycles. The lowest BCUT2D eigenvalue weighted by atomic mass is 10.0. The second-order valence-corrected chi connectivity index (χ2v) is 5.04. The fraction of sp³-hybridized carbons (Fsp3) is 0.500. The number of aliphatic hydroxyl groups is 3. The van der Waals surface area contributed by atoms with Gasteiger partial charge in [-0.3, -0.25) is 0 Å². The van der Waals surface area contributed by atoms with Crippen molar-refractivity contribution in [3.8, 4) is 0 Å². The standard InChI is InChI=1S/C12H17N5O3.ClH/c13-12-9-8(15-4-16-12)5(2-14-9)1-6-10(19)11(20)7(3-18)17-6;/h2,4,6-7,10-11,14,17-20H,1,3H2,(H2,13,15,16);1H/t6-,7+,10?,11-;/m0./s1. The highest BCUT2D eigenvalue weighted by Crippen LogP contribution is 2.23. The second kappa shape index (κ2) is 6.12. The van der Waals surface area contributed by atoms with E-state index in [1.807, 2.05) is 0 Å². The number of nitrogen functional groups attached to an aromatic ring is 1. The lowest BCUT2D eigenvalue weighted by molar-refractivity contribution is 0.0197. The maximum Gasteiger partial charge on any atom is 0.151 e. The van der Waals surface area contributed by atoms with Gasteiger partial charge >= 0.3 is 0 Å². The minimum absolute atomic E-state index is 0. The molecule has 0 aromatic carbocycles. The average Bonchev–Trinajstić information content (AvgIpc) is 2.97. The van der Waals surface area contributed by atoms with Gasteiger partial charge in [0.15, 0.2) is 5.82 Å². The quantitative estimate of drug-likeness (QED) is 0.407. The summed E-state index contributed by atoms with van der Waals surface area (Å²) in [5.74, 6) is 0.370. The first-order chi connectivity index (χ1) is 9.61. The van der Waals surface area contributed by atoms with Gasteiger partial charge in [-0.05, 0) is 12.0 Å². The largest absolute Gasteiger partial charge is 0.395 e. The number of anilines is 1. The number of halogens is 1. The van der Waals surface area contributed by atoms with Crippen molar-refractivity contribution in [2.45, 2.75) is 30.7 Å². The van der Waals surface area contributed by atoms with Crippen LogP contribution in [-0.2, 0) is 6.42 Å². The minimum Gasteiger partial charge on any atom is -0.395 e. The van der Waals surface area contributed by atoms with Crippen molar-refractivity contribution in [2.75, 3.05) is 12.3 Å². The van der Waals surface area contributed by atoms with Crippen LogP contribution in [0.4, 0.5) is 5.82 Å². The van der Waals surface area contributed by atoms with E-state index in [0.717, 1.165) is 5.56 Å². The van der Waals surface area contributed by atoms with E-state index in [-0.39, 0.29) is 25.1 Å². The third-order valence-electron chi connectivity index (χ3n) is 3.81. The number of nitrogens with one attached hydrogen (secondary N) is 2. The smallest absolute Gasteiger partial charge is 0.151 e. The van der Waals surface area contributed by atoms with Crippen LogP contribution in [-0.4, -0.2) is 61.2 Å². The summed E-state index contributed by atoms with van der Waals surface area (Å²) in [4.78, 5) is 11.1. The molecule has 1 saturated heterocycles. The van der Waals surface area contributed by atoms with Crippen molar-refractivity contribution in [2.24, 2.45) is 0 Å². The monoisotopic (exact) mass is 315 g/mol. The zero-order valence-corrected chi connectivity index (χ0v) is 11.9. The van der Waals surface area contributed by atoms with Crippen LogP contribution in [0.15, 0.2) is 12.5 Å². The first kappa shape index (κ1) is 15.9. The van der Waals surface area contributed by atoms with E-state index in [2.05, 4.69) is 20.3 Å². The number of nitrogens with two attached hydrogens (primary N) is 1. The molecule has 2 aromatic rings. The van der Waals surface area contributed by atoms with E-state index in [1.165, 1.54) is 6.33 Å². The maximum absolute atomic E-state index is 9.99. The zero-order chi connectivity index (χ0) is 14.3. The molecule has 9 heteroatoms. The third-order valence-corrected chi connectivity index (χ3v) is 3.81. The molecule has 21 heavy (non-hydrogen) atoms. The third kappa shape index (κ3) is 2.68. The molecular formula is C12H18ClN5O3. The van der Waals surface area contributed by atoms with Crippen LogP contribution in [0.2, 0.25) is 0 Å². The van der Waals surface area contributed by atoms with Crippen molar-refractivity contribution < 1.29 is 15.3 Å². The van der Waals surface area contributed by atoms with Crippen molar-refractivity contribution in [1.82, 2.24) is 20.3 Å². The number of hydrogen-bond donors (Lipinski definition) is 6. The summed E-state index contributed by atoms with van der Waals surface area (Å²) in [7, 11) is 0. The van der Waals surface area contributed by atoms with Gasteiger partial charge in [-0.25, -0.2) is 9.97 Å². The summed E-state index contributed by atoms with van der Waals surface area (Å²) >= 11 is 0.